The maximum Gasteiger partial charge on any atom is 3.00 e. The van der Waals surface area contributed by atoms with Crippen LogP contribution in [0.3, 0.4) is 0 Å². The molecule has 18 nitrogen and oxygen atoms in total. The molecule has 0 bridgehead atoms. The summed E-state index contributed by atoms with van der Waals surface area (Å²) in [6.45, 7) is 0. The molecule has 3 aliphatic rings. The molecule has 3 aliphatic carbocycles. The van der Waals surface area contributed by atoms with Crippen LogP contribution < -0.4 is 88.7 Å². The summed E-state index contributed by atoms with van der Waals surface area (Å²) in [5.74, 6) is -1.65. The first-order chi connectivity index (χ1) is 23.8. The number of benzene rings is 3. The van der Waals surface area contributed by atoms with Crippen LogP contribution in [0.25, 0.3) is 18.2 Å². The number of ketones is 3. The fraction of sp³-hybridized carbons (Fsp3) is 0. The first-order valence-corrected chi connectivity index (χ1v) is 17.6. The minimum atomic E-state index is -4.56. The van der Waals surface area contributed by atoms with Gasteiger partial charge in [0.1, 0.15) is 47.5 Å². The molecule has 0 aromatic heterocycles. The van der Waals surface area contributed by atoms with Gasteiger partial charge in [-0.15, -0.1) is 0 Å². The quantitative estimate of drug-likeness (QED) is 0.134. The predicted octanol–water partition coefficient (Wildman–Crippen LogP) is -7.57. The van der Waals surface area contributed by atoms with Crippen molar-refractivity contribution in [1.82, 2.24) is 0 Å². The maximum atomic E-state index is 11.3. The van der Waals surface area contributed by atoms with Crippen molar-refractivity contribution in [3.63, 3.8) is 0 Å². The first-order valence-electron chi connectivity index (χ1n) is 13.4. The summed E-state index contributed by atoms with van der Waals surface area (Å²) in [5.41, 5.74) is 0.690. The molecule has 0 atom stereocenters. The van der Waals surface area contributed by atoms with E-state index in [1.54, 1.807) is 0 Å². The number of allylic oxidation sites excluding steroid dienone is 3. The van der Waals surface area contributed by atoms with Crippen molar-refractivity contribution in [2.24, 2.45) is 15.5 Å². The molecule has 25 heteroatoms. The SMILES string of the molecule is O=C1C=Cc2cc(S(=O)(=O)[O-])ccc2C1=N[O-].O=C1C=Cc2cc(S(=O)(=O)[O-])ccc2C1=N[O-].O=C1C=Cc2cc(S(=O)(=O)[O-])ccc2C1=N[O-].[Fe+3].[Na+].[Na+].[Na+]. The minimum Gasteiger partial charge on any atom is -0.791 e. The summed E-state index contributed by atoms with van der Waals surface area (Å²) < 4.78 is 97.2. The van der Waals surface area contributed by atoms with Gasteiger partial charge in [-0.3, -0.25) is 14.4 Å². The van der Waals surface area contributed by atoms with E-state index in [1.807, 2.05) is 0 Å². The van der Waals surface area contributed by atoms with Crippen molar-refractivity contribution in [3.05, 3.63) is 122 Å². The average Bonchev–Trinajstić information content (AvgIpc) is 3.07. The van der Waals surface area contributed by atoms with Gasteiger partial charge in [0, 0.05) is 16.7 Å². The Balaban J connectivity index is 0.000000767. The smallest absolute Gasteiger partial charge is 0.791 e. The largest absolute Gasteiger partial charge is 3.00 e. The molecule has 0 heterocycles. The second-order valence-corrected chi connectivity index (χ2v) is 14.2. The maximum absolute atomic E-state index is 11.3. The number of carbonyl (C=O) groups excluding carboxylic acids is 3. The second kappa shape index (κ2) is 21.3. The van der Waals surface area contributed by atoms with Crippen LogP contribution in [-0.2, 0) is 61.8 Å². The van der Waals surface area contributed by atoms with E-state index in [2.05, 4.69) is 15.5 Å². The second-order valence-electron chi connectivity index (χ2n) is 10.0. The van der Waals surface area contributed by atoms with Gasteiger partial charge in [-0.25, -0.2) is 25.3 Å². The van der Waals surface area contributed by atoms with E-state index in [9.17, 15) is 68.9 Å². The van der Waals surface area contributed by atoms with Gasteiger partial charge in [-0.1, -0.05) is 36.4 Å². The Morgan fingerprint density at radius 1 is 0.400 bits per heavy atom. The Bertz CT molecular complexity index is 2280. The monoisotopic (exact) mass is 878 g/mol. The molecule has 0 amide bonds. The molecular formula is C30H15FeN3Na3O15S3. The number of hydrogen-bond acceptors (Lipinski definition) is 18. The van der Waals surface area contributed by atoms with Crippen molar-refractivity contribution in [2.45, 2.75) is 14.7 Å². The summed E-state index contributed by atoms with van der Waals surface area (Å²) in [6.07, 6.45) is 7.30. The number of nitrogens with zero attached hydrogens (tertiary/aromatic N) is 3. The van der Waals surface area contributed by atoms with Crippen molar-refractivity contribution in [2.75, 3.05) is 0 Å². The molecule has 3 aromatic carbocycles. The minimum absolute atomic E-state index is 0. The zero-order valence-electron chi connectivity index (χ0n) is 28.2. The van der Waals surface area contributed by atoms with Gasteiger partial charge in [0.2, 0.25) is 17.3 Å². The molecule has 0 spiro atoms. The summed E-state index contributed by atoms with van der Waals surface area (Å²) in [7, 11) is -13.7. The molecule has 0 N–H and O–H groups in total. The number of carbonyl (C=O) groups is 3. The summed E-state index contributed by atoms with van der Waals surface area (Å²) in [5, 5.41) is 39.3. The van der Waals surface area contributed by atoms with Crippen LogP contribution in [0.5, 0.6) is 0 Å². The van der Waals surface area contributed by atoms with E-state index < -0.39 is 62.4 Å². The molecule has 6 rings (SSSR count). The Morgan fingerprint density at radius 2 is 0.618 bits per heavy atom. The zero-order chi connectivity index (χ0) is 37.9. The molecule has 0 fully saturated rings. The third kappa shape index (κ3) is 12.8. The van der Waals surface area contributed by atoms with Gasteiger partial charge in [0.25, 0.3) is 0 Å². The van der Waals surface area contributed by atoms with Gasteiger partial charge < -0.3 is 44.7 Å². The van der Waals surface area contributed by atoms with Gasteiger partial charge >= 0.3 is 106 Å². The predicted molar refractivity (Wildman–Crippen MR) is 175 cm³/mol. The molecule has 0 unspecified atom stereocenters. The molecule has 0 aliphatic heterocycles. The first kappa shape index (κ1) is 52.5. The Kier molecular flexibility index (Phi) is 20.4. The van der Waals surface area contributed by atoms with Crippen LogP contribution >= 0.6 is 0 Å². The van der Waals surface area contributed by atoms with E-state index in [-0.39, 0.29) is 140 Å². The summed E-state index contributed by atoms with van der Waals surface area (Å²) in [6, 6.07) is 10.1. The Hall–Kier alpha value is -2.45. The third-order valence-corrected chi connectivity index (χ3v) is 9.41. The van der Waals surface area contributed by atoms with E-state index in [4.69, 9.17) is 0 Å². The fourth-order valence-corrected chi connectivity index (χ4v) is 6.08. The van der Waals surface area contributed by atoms with Crippen LogP contribution in [0.1, 0.15) is 33.4 Å². The Labute approximate surface area is 389 Å². The molecule has 3 aromatic rings. The van der Waals surface area contributed by atoms with E-state index in [1.165, 1.54) is 36.4 Å². The van der Waals surface area contributed by atoms with Crippen LogP contribution in [0.15, 0.2) is 103 Å². The van der Waals surface area contributed by atoms with Gasteiger partial charge in [0.15, 0.2) is 0 Å². The molecule has 0 saturated carbocycles. The van der Waals surface area contributed by atoms with Gasteiger partial charge in [-0.2, -0.15) is 0 Å². The topological polar surface area (TPSA) is 329 Å². The van der Waals surface area contributed by atoms with Crippen molar-refractivity contribution < 1.29 is 159 Å². The summed E-state index contributed by atoms with van der Waals surface area (Å²) in [4.78, 5) is 32.6. The molecular weight excluding hydrogens is 863 g/mol. The fourth-order valence-electron chi connectivity index (χ4n) is 4.56. The van der Waals surface area contributed by atoms with Crippen LogP contribution in [-0.4, -0.2) is 73.4 Å². The normalized spacial score (nSPS) is 16.0. The van der Waals surface area contributed by atoms with E-state index in [0.29, 0.717) is 16.7 Å². The van der Waals surface area contributed by atoms with Crippen molar-refractivity contribution in [1.29, 1.82) is 0 Å². The molecule has 1 radical (unpaired) electrons. The summed E-state index contributed by atoms with van der Waals surface area (Å²) >= 11 is 0. The van der Waals surface area contributed by atoms with E-state index >= 15 is 0 Å². The molecule has 269 valence electrons. The molecule has 55 heavy (non-hydrogen) atoms. The number of rotatable bonds is 3. The van der Waals surface area contributed by atoms with Crippen LogP contribution in [0.2, 0.25) is 0 Å². The van der Waals surface area contributed by atoms with Gasteiger partial charge in [-0.05, 0) is 71.3 Å². The zero-order valence-corrected chi connectivity index (χ0v) is 37.8. The Morgan fingerprint density at radius 3 is 0.800 bits per heavy atom. The van der Waals surface area contributed by atoms with Crippen molar-refractivity contribution in [3.8, 4) is 0 Å². The molecule has 0 saturated heterocycles. The number of hydrogen-bond donors (Lipinski definition) is 0. The average molecular weight is 878 g/mol. The van der Waals surface area contributed by atoms with Crippen LogP contribution in [0.4, 0.5) is 0 Å². The standard InChI is InChI=1S/3C10H7NO5S.Fe.3Na/c3*12-9-4-1-6-5-7(17(14,15)16)2-3-8(6)10(9)11-13;;;;/h3*1-5,13H,(H,14,15,16);;;;/q;;;+3;3*+1/p-6. The van der Waals surface area contributed by atoms with Crippen LogP contribution in [0, 0.1) is 15.6 Å². The van der Waals surface area contributed by atoms with Gasteiger partial charge in [0.05, 0.1) is 14.7 Å². The van der Waals surface area contributed by atoms with Crippen molar-refractivity contribution >= 4 is 83.1 Å². The number of fused-ring (bicyclic) bond motifs is 3. The van der Waals surface area contributed by atoms with E-state index in [0.717, 1.165) is 54.6 Å². The third-order valence-electron chi connectivity index (χ3n) is 6.92.